The van der Waals surface area contributed by atoms with Crippen LogP contribution in [-0.2, 0) is 4.79 Å². The second-order valence-corrected chi connectivity index (χ2v) is 5.34. The smallest absolute Gasteiger partial charge is 0.222 e. The molecule has 0 aromatic rings. The molecule has 1 amide bonds. The van der Waals surface area contributed by atoms with E-state index < -0.39 is 0 Å². The molecule has 1 unspecified atom stereocenters. The van der Waals surface area contributed by atoms with Gasteiger partial charge in [0.2, 0.25) is 5.91 Å². The van der Waals surface area contributed by atoms with Gasteiger partial charge in [-0.05, 0) is 45.1 Å². The summed E-state index contributed by atoms with van der Waals surface area (Å²) in [6.07, 6.45) is 7.71. The van der Waals surface area contributed by atoms with Crippen molar-refractivity contribution in [3.63, 3.8) is 0 Å². The van der Waals surface area contributed by atoms with E-state index in [0.29, 0.717) is 24.3 Å². The lowest BCUT2D eigenvalue weighted by Crippen LogP contribution is -2.38. The largest absolute Gasteiger partial charge is 0.340 e. The van der Waals surface area contributed by atoms with Gasteiger partial charge in [-0.2, -0.15) is 0 Å². The van der Waals surface area contributed by atoms with Gasteiger partial charge < -0.3 is 10.6 Å². The molecule has 3 nitrogen and oxygen atoms in total. The molecular weight excluding hydrogens is 212 g/mol. The molecule has 3 heteroatoms. The summed E-state index contributed by atoms with van der Waals surface area (Å²) < 4.78 is 0. The van der Waals surface area contributed by atoms with E-state index in [0.717, 1.165) is 25.9 Å². The van der Waals surface area contributed by atoms with Crippen LogP contribution in [0.4, 0.5) is 0 Å². The molecule has 0 aliphatic heterocycles. The average Bonchev–Trinajstić information content (AvgIpc) is 2.81. The summed E-state index contributed by atoms with van der Waals surface area (Å²) in [5.41, 5.74) is 5.53. The van der Waals surface area contributed by atoms with Crippen molar-refractivity contribution in [3.05, 3.63) is 0 Å². The summed E-state index contributed by atoms with van der Waals surface area (Å²) in [7, 11) is 0. The molecule has 0 spiro atoms. The first-order valence-electron chi connectivity index (χ1n) is 7.18. The molecule has 0 radical (unpaired) electrons. The van der Waals surface area contributed by atoms with Crippen LogP contribution in [-0.4, -0.2) is 29.9 Å². The summed E-state index contributed by atoms with van der Waals surface area (Å²) >= 11 is 0. The van der Waals surface area contributed by atoms with Gasteiger partial charge in [-0.3, -0.25) is 4.79 Å². The minimum absolute atomic E-state index is 0.350. The van der Waals surface area contributed by atoms with Crippen LogP contribution in [0.5, 0.6) is 0 Å². The highest BCUT2D eigenvalue weighted by molar-refractivity contribution is 5.76. The number of amides is 1. The number of hydrogen-bond donors (Lipinski definition) is 1. The van der Waals surface area contributed by atoms with E-state index >= 15 is 0 Å². The Bertz CT molecular complexity index is 224. The lowest BCUT2D eigenvalue weighted by molar-refractivity contribution is -0.133. The fraction of sp³-hybridized carbons (Fsp3) is 0.929. The van der Waals surface area contributed by atoms with Crippen LogP contribution >= 0.6 is 0 Å². The highest BCUT2D eigenvalue weighted by Gasteiger charge is 2.25. The zero-order valence-corrected chi connectivity index (χ0v) is 11.5. The molecule has 1 atom stereocenters. The number of carbonyl (C=O) groups is 1. The van der Waals surface area contributed by atoms with E-state index in [1.54, 1.807) is 0 Å². The molecule has 17 heavy (non-hydrogen) atoms. The molecule has 0 heterocycles. The monoisotopic (exact) mass is 240 g/mol. The SMILES string of the molecule is CCN(C(=O)CCC(C)CCN)C1CCCC1. The number of nitrogens with zero attached hydrogens (tertiary/aromatic N) is 1. The van der Waals surface area contributed by atoms with E-state index in [4.69, 9.17) is 5.73 Å². The molecular formula is C14H28N2O. The maximum Gasteiger partial charge on any atom is 0.222 e. The molecule has 1 rings (SSSR count). The molecule has 0 aromatic heterocycles. The van der Waals surface area contributed by atoms with Gasteiger partial charge in [0.15, 0.2) is 0 Å². The van der Waals surface area contributed by atoms with Crippen LogP contribution in [0.2, 0.25) is 0 Å². The quantitative estimate of drug-likeness (QED) is 0.743. The van der Waals surface area contributed by atoms with Gasteiger partial charge >= 0.3 is 0 Å². The van der Waals surface area contributed by atoms with Crippen LogP contribution in [0.1, 0.15) is 58.8 Å². The normalized spacial score (nSPS) is 18.3. The summed E-state index contributed by atoms with van der Waals surface area (Å²) in [5.74, 6) is 0.925. The van der Waals surface area contributed by atoms with E-state index in [1.807, 2.05) is 0 Å². The molecule has 100 valence electrons. The van der Waals surface area contributed by atoms with Gasteiger partial charge in [0, 0.05) is 19.0 Å². The van der Waals surface area contributed by atoms with E-state index in [9.17, 15) is 4.79 Å². The summed E-state index contributed by atoms with van der Waals surface area (Å²) in [5, 5.41) is 0. The van der Waals surface area contributed by atoms with Gasteiger partial charge in [0.1, 0.15) is 0 Å². The Morgan fingerprint density at radius 3 is 2.53 bits per heavy atom. The highest BCUT2D eigenvalue weighted by atomic mass is 16.2. The van der Waals surface area contributed by atoms with E-state index in [2.05, 4.69) is 18.7 Å². The van der Waals surface area contributed by atoms with Gasteiger partial charge in [-0.25, -0.2) is 0 Å². The van der Waals surface area contributed by atoms with Crippen LogP contribution in [0.25, 0.3) is 0 Å². The first-order chi connectivity index (χ1) is 8.19. The maximum absolute atomic E-state index is 12.2. The Kier molecular flexibility index (Phi) is 6.56. The third-order valence-corrected chi connectivity index (χ3v) is 3.94. The third kappa shape index (κ3) is 4.66. The van der Waals surface area contributed by atoms with Crippen LogP contribution in [0.15, 0.2) is 0 Å². The first kappa shape index (κ1) is 14.5. The predicted molar refractivity (Wildman–Crippen MR) is 71.7 cm³/mol. The van der Waals surface area contributed by atoms with Crippen molar-refractivity contribution in [2.75, 3.05) is 13.1 Å². The van der Waals surface area contributed by atoms with Gasteiger partial charge in [0.25, 0.3) is 0 Å². The lowest BCUT2D eigenvalue weighted by Gasteiger charge is -2.28. The highest BCUT2D eigenvalue weighted by Crippen LogP contribution is 2.24. The Hall–Kier alpha value is -0.570. The van der Waals surface area contributed by atoms with Gasteiger partial charge in [0.05, 0.1) is 0 Å². The van der Waals surface area contributed by atoms with Crippen molar-refractivity contribution >= 4 is 5.91 Å². The van der Waals surface area contributed by atoms with E-state index in [1.165, 1.54) is 25.7 Å². The minimum atomic E-state index is 0.350. The first-order valence-corrected chi connectivity index (χ1v) is 7.18. The zero-order valence-electron chi connectivity index (χ0n) is 11.5. The summed E-state index contributed by atoms with van der Waals surface area (Å²) in [4.78, 5) is 14.3. The molecule has 1 aliphatic carbocycles. The molecule has 1 aliphatic rings. The minimum Gasteiger partial charge on any atom is -0.340 e. The Morgan fingerprint density at radius 2 is 2.00 bits per heavy atom. The molecule has 2 N–H and O–H groups in total. The van der Waals surface area contributed by atoms with Crippen LogP contribution in [0.3, 0.4) is 0 Å². The topological polar surface area (TPSA) is 46.3 Å². The predicted octanol–water partition coefficient (Wildman–Crippen LogP) is 2.54. The summed E-state index contributed by atoms with van der Waals surface area (Å²) in [6, 6.07) is 0.525. The maximum atomic E-state index is 12.2. The van der Waals surface area contributed by atoms with Gasteiger partial charge in [-0.1, -0.05) is 19.8 Å². The third-order valence-electron chi connectivity index (χ3n) is 3.94. The number of hydrogen-bond acceptors (Lipinski definition) is 2. The molecule has 0 bridgehead atoms. The standard InChI is InChI=1S/C14H28N2O/c1-3-16(13-6-4-5-7-13)14(17)9-8-12(2)10-11-15/h12-13H,3-11,15H2,1-2H3. The van der Waals surface area contributed by atoms with Crippen molar-refractivity contribution in [1.82, 2.24) is 4.90 Å². The number of rotatable bonds is 7. The van der Waals surface area contributed by atoms with Crippen molar-refractivity contribution < 1.29 is 4.79 Å². The average molecular weight is 240 g/mol. The fourth-order valence-electron chi connectivity index (χ4n) is 2.80. The second kappa shape index (κ2) is 7.70. The van der Waals surface area contributed by atoms with Crippen LogP contribution in [0, 0.1) is 5.92 Å². The number of nitrogens with two attached hydrogens (primary N) is 1. The molecule has 0 aromatic carbocycles. The summed E-state index contributed by atoms with van der Waals surface area (Å²) in [6.45, 7) is 5.88. The van der Waals surface area contributed by atoms with Crippen molar-refractivity contribution in [3.8, 4) is 0 Å². The van der Waals surface area contributed by atoms with Crippen LogP contribution < -0.4 is 5.73 Å². The molecule has 1 saturated carbocycles. The Labute approximate surface area is 106 Å². The van der Waals surface area contributed by atoms with Crippen molar-refractivity contribution in [2.24, 2.45) is 11.7 Å². The van der Waals surface area contributed by atoms with Crippen molar-refractivity contribution in [2.45, 2.75) is 64.8 Å². The molecule has 1 fully saturated rings. The second-order valence-electron chi connectivity index (χ2n) is 5.34. The zero-order chi connectivity index (χ0) is 12.7. The van der Waals surface area contributed by atoms with Gasteiger partial charge in [-0.15, -0.1) is 0 Å². The lowest BCUT2D eigenvalue weighted by atomic mass is 10.0. The fourth-order valence-corrected chi connectivity index (χ4v) is 2.80. The number of carbonyl (C=O) groups excluding carboxylic acids is 1. The van der Waals surface area contributed by atoms with E-state index in [-0.39, 0.29) is 0 Å². The van der Waals surface area contributed by atoms with Crippen molar-refractivity contribution in [1.29, 1.82) is 0 Å². The Morgan fingerprint density at radius 1 is 1.35 bits per heavy atom. The Balaban J connectivity index is 2.33. The molecule has 0 saturated heterocycles.